The van der Waals surface area contributed by atoms with Gasteiger partial charge in [0.25, 0.3) is 5.56 Å². The molecule has 1 aromatic heterocycles. The number of benzene rings is 2. The minimum absolute atomic E-state index is 0.0372. The van der Waals surface area contributed by atoms with E-state index in [-0.39, 0.29) is 25.0 Å². The largest absolute Gasteiger partial charge is 0.399 e. The molecule has 1 aliphatic carbocycles. The lowest BCUT2D eigenvalue weighted by molar-refractivity contribution is -0.121. The van der Waals surface area contributed by atoms with Crippen molar-refractivity contribution in [3.8, 4) is 0 Å². The lowest BCUT2D eigenvalue weighted by Gasteiger charge is -2.27. The molecule has 0 saturated heterocycles. The van der Waals surface area contributed by atoms with E-state index in [1.807, 2.05) is 6.07 Å². The van der Waals surface area contributed by atoms with Crippen LogP contribution in [0, 0.1) is 5.41 Å². The number of nitrogens with two attached hydrogens (primary N) is 2. The number of amides is 1. The highest BCUT2D eigenvalue weighted by Crippen LogP contribution is 2.21. The lowest BCUT2D eigenvalue weighted by atomic mass is 9.93. The molecular formula is C25H29N7O3. The predicted molar refractivity (Wildman–Crippen MR) is 135 cm³/mol. The van der Waals surface area contributed by atoms with Gasteiger partial charge in [0.1, 0.15) is 18.1 Å². The number of rotatable bonds is 9. The van der Waals surface area contributed by atoms with Gasteiger partial charge in [-0.3, -0.25) is 19.6 Å². The summed E-state index contributed by atoms with van der Waals surface area (Å²) in [4.78, 5) is 38.9. The number of nitrogens with one attached hydrogen (secondary N) is 3. The average molecular weight is 476 g/mol. The van der Waals surface area contributed by atoms with Gasteiger partial charge in [-0.05, 0) is 42.5 Å². The standard InChI is InChI=1S/C25H29N7O3/c26-19-4-1-3-17(11-19)13-31-14-21(30-20-5-2-6-20)24(34)32(25(31)35)15-22(33)29-12-16-7-9-18(10-8-16)23(27)28/h1,3-4,7-11,14,20,30H,2,5-6,12-13,15,26H2,(H3,27,28)(H,29,33). The summed E-state index contributed by atoms with van der Waals surface area (Å²) in [6.45, 7) is 0.0250. The molecule has 0 unspecified atom stereocenters. The Morgan fingerprint density at radius 3 is 2.46 bits per heavy atom. The molecule has 1 aliphatic rings. The van der Waals surface area contributed by atoms with Crippen molar-refractivity contribution in [2.45, 2.75) is 44.9 Å². The second kappa shape index (κ2) is 10.3. The van der Waals surface area contributed by atoms with Crippen LogP contribution in [0.3, 0.4) is 0 Å². The number of nitrogen functional groups attached to an aromatic ring is 2. The van der Waals surface area contributed by atoms with Crippen molar-refractivity contribution in [2.24, 2.45) is 5.73 Å². The Bertz CT molecular complexity index is 1350. The molecule has 35 heavy (non-hydrogen) atoms. The van der Waals surface area contributed by atoms with Crippen LogP contribution in [0.4, 0.5) is 11.4 Å². The van der Waals surface area contributed by atoms with E-state index in [9.17, 15) is 14.4 Å². The summed E-state index contributed by atoms with van der Waals surface area (Å²) in [6.07, 6.45) is 4.52. The Labute approximate surface area is 202 Å². The second-order valence-corrected chi connectivity index (χ2v) is 8.75. The Morgan fingerprint density at radius 1 is 1.09 bits per heavy atom. The van der Waals surface area contributed by atoms with Crippen molar-refractivity contribution in [3.63, 3.8) is 0 Å². The SMILES string of the molecule is N=C(N)c1ccc(CNC(=O)Cn2c(=O)c(NC3CCC3)cn(Cc3cccc(N)c3)c2=O)cc1. The Hall–Kier alpha value is -4.34. The minimum atomic E-state index is -0.572. The molecule has 1 heterocycles. The van der Waals surface area contributed by atoms with E-state index in [1.165, 1.54) is 10.8 Å². The summed E-state index contributed by atoms with van der Waals surface area (Å²) in [5.41, 5.74) is 13.3. The van der Waals surface area contributed by atoms with Crippen molar-refractivity contribution in [3.05, 3.63) is 92.3 Å². The molecule has 0 atom stereocenters. The zero-order chi connectivity index (χ0) is 24.9. The maximum Gasteiger partial charge on any atom is 0.331 e. The number of anilines is 2. The Morgan fingerprint density at radius 2 is 1.83 bits per heavy atom. The summed E-state index contributed by atoms with van der Waals surface area (Å²) in [5.74, 6) is -0.499. The smallest absolute Gasteiger partial charge is 0.331 e. The summed E-state index contributed by atoms with van der Waals surface area (Å²) in [5, 5.41) is 13.4. The van der Waals surface area contributed by atoms with Gasteiger partial charge in [0, 0.05) is 30.0 Å². The number of hydrogen-bond donors (Lipinski definition) is 5. The number of hydrogen-bond acceptors (Lipinski definition) is 6. The van der Waals surface area contributed by atoms with Crippen LogP contribution >= 0.6 is 0 Å². The molecule has 1 amide bonds. The van der Waals surface area contributed by atoms with Gasteiger partial charge in [-0.15, -0.1) is 0 Å². The van der Waals surface area contributed by atoms with Gasteiger partial charge >= 0.3 is 5.69 Å². The van der Waals surface area contributed by atoms with Gasteiger partial charge < -0.3 is 22.1 Å². The van der Waals surface area contributed by atoms with E-state index in [2.05, 4.69) is 10.6 Å². The molecule has 182 valence electrons. The summed E-state index contributed by atoms with van der Waals surface area (Å²) in [6, 6.07) is 14.3. The molecule has 1 saturated carbocycles. The molecule has 7 N–H and O–H groups in total. The third-order valence-electron chi connectivity index (χ3n) is 6.06. The molecular weight excluding hydrogens is 446 g/mol. The first kappa shape index (κ1) is 23.8. The molecule has 0 radical (unpaired) electrons. The zero-order valence-electron chi connectivity index (χ0n) is 19.3. The van der Waals surface area contributed by atoms with Gasteiger partial charge in [0.2, 0.25) is 5.91 Å². The van der Waals surface area contributed by atoms with E-state index in [0.29, 0.717) is 16.9 Å². The van der Waals surface area contributed by atoms with Gasteiger partial charge in [-0.1, -0.05) is 36.4 Å². The highest BCUT2D eigenvalue weighted by molar-refractivity contribution is 5.94. The third kappa shape index (κ3) is 5.78. The molecule has 10 heteroatoms. The number of amidine groups is 1. The summed E-state index contributed by atoms with van der Waals surface area (Å²) >= 11 is 0. The van der Waals surface area contributed by atoms with Crippen LogP contribution in [0.5, 0.6) is 0 Å². The number of carbonyl (C=O) groups is 1. The van der Waals surface area contributed by atoms with E-state index in [0.717, 1.165) is 35.0 Å². The predicted octanol–water partition coefficient (Wildman–Crippen LogP) is 1.21. The topological polar surface area (TPSA) is 161 Å². The van der Waals surface area contributed by atoms with Crippen LogP contribution in [0.25, 0.3) is 0 Å². The highest BCUT2D eigenvalue weighted by Gasteiger charge is 2.21. The number of aromatic nitrogens is 2. The van der Waals surface area contributed by atoms with Crippen LogP contribution in [0.2, 0.25) is 0 Å². The van der Waals surface area contributed by atoms with Crippen LogP contribution in [-0.4, -0.2) is 26.9 Å². The number of nitrogens with zero attached hydrogens (tertiary/aromatic N) is 2. The summed E-state index contributed by atoms with van der Waals surface area (Å²) < 4.78 is 2.38. The molecule has 10 nitrogen and oxygen atoms in total. The second-order valence-electron chi connectivity index (χ2n) is 8.75. The van der Waals surface area contributed by atoms with Crippen LogP contribution in [0.1, 0.15) is 36.0 Å². The van der Waals surface area contributed by atoms with Crippen LogP contribution < -0.4 is 33.3 Å². The van der Waals surface area contributed by atoms with Gasteiger partial charge in [0.05, 0.1) is 6.54 Å². The molecule has 1 fully saturated rings. The van der Waals surface area contributed by atoms with Crippen molar-refractivity contribution in [1.82, 2.24) is 14.5 Å². The monoisotopic (exact) mass is 475 g/mol. The Kier molecular flexibility index (Phi) is 7.00. The van der Waals surface area contributed by atoms with Gasteiger partial charge in [-0.25, -0.2) is 9.36 Å². The lowest BCUT2D eigenvalue weighted by Crippen LogP contribution is -2.45. The maximum atomic E-state index is 13.2. The first-order chi connectivity index (χ1) is 16.8. The first-order valence-electron chi connectivity index (χ1n) is 11.5. The molecule has 0 spiro atoms. The van der Waals surface area contributed by atoms with Crippen molar-refractivity contribution >= 4 is 23.1 Å². The Balaban J connectivity index is 1.55. The van der Waals surface area contributed by atoms with Crippen LogP contribution in [0.15, 0.2) is 64.3 Å². The maximum absolute atomic E-state index is 13.2. The molecule has 0 aliphatic heterocycles. The zero-order valence-corrected chi connectivity index (χ0v) is 19.3. The third-order valence-corrected chi connectivity index (χ3v) is 6.06. The molecule has 0 bridgehead atoms. The average Bonchev–Trinajstić information content (AvgIpc) is 2.80. The fourth-order valence-corrected chi connectivity index (χ4v) is 3.87. The molecule has 3 aromatic rings. The van der Waals surface area contributed by atoms with E-state index >= 15 is 0 Å². The minimum Gasteiger partial charge on any atom is -0.399 e. The summed E-state index contributed by atoms with van der Waals surface area (Å²) in [7, 11) is 0. The van der Waals surface area contributed by atoms with Crippen molar-refractivity contribution in [1.29, 1.82) is 5.41 Å². The normalized spacial score (nSPS) is 13.1. The van der Waals surface area contributed by atoms with Gasteiger partial charge in [-0.2, -0.15) is 0 Å². The molecule has 4 rings (SSSR count). The molecule has 2 aromatic carbocycles. The van der Waals surface area contributed by atoms with Crippen molar-refractivity contribution < 1.29 is 4.79 Å². The fourth-order valence-electron chi connectivity index (χ4n) is 3.87. The van der Waals surface area contributed by atoms with E-state index in [4.69, 9.17) is 16.9 Å². The van der Waals surface area contributed by atoms with Crippen molar-refractivity contribution in [2.75, 3.05) is 11.1 Å². The van der Waals surface area contributed by atoms with Gasteiger partial charge in [0.15, 0.2) is 0 Å². The fraction of sp³-hybridized carbons (Fsp3) is 0.280. The van der Waals surface area contributed by atoms with Crippen LogP contribution in [-0.2, 0) is 24.4 Å². The highest BCUT2D eigenvalue weighted by atomic mass is 16.2. The first-order valence-corrected chi connectivity index (χ1v) is 11.5. The van der Waals surface area contributed by atoms with E-state index < -0.39 is 23.7 Å². The number of carbonyl (C=O) groups excluding carboxylic acids is 1. The quantitative estimate of drug-likeness (QED) is 0.178. The van der Waals surface area contributed by atoms with E-state index in [1.54, 1.807) is 42.5 Å².